The summed E-state index contributed by atoms with van der Waals surface area (Å²) in [4.78, 5) is 4.82. The van der Waals surface area contributed by atoms with Gasteiger partial charge in [0.15, 0.2) is 5.96 Å². The summed E-state index contributed by atoms with van der Waals surface area (Å²) in [6, 6.07) is 10.1. The predicted octanol–water partition coefficient (Wildman–Crippen LogP) is 3.90. The molecule has 172 valence electrons. The van der Waals surface area contributed by atoms with E-state index in [4.69, 9.17) is 14.5 Å². The molecular formula is C23H40IN3O3. The van der Waals surface area contributed by atoms with E-state index in [2.05, 4.69) is 17.6 Å². The highest BCUT2D eigenvalue weighted by atomic mass is 127. The van der Waals surface area contributed by atoms with Crippen molar-refractivity contribution in [3.05, 3.63) is 35.9 Å². The minimum absolute atomic E-state index is 0. The number of halogens is 1. The van der Waals surface area contributed by atoms with Gasteiger partial charge in [0.1, 0.15) is 0 Å². The number of aliphatic hydroxyl groups excluding tert-OH is 1. The van der Waals surface area contributed by atoms with Crippen LogP contribution in [0.15, 0.2) is 35.3 Å². The Kier molecular flexibility index (Phi) is 13.6. The molecule has 0 spiro atoms. The number of guanidine groups is 1. The number of aliphatic hydroxyl groups is 1. The van der Waals surface area contributed by atoms with Crippen molar-refractivity contribution in [2.24, 2.45) is 10.4 Å². The van der Waals surface area contributed by atoms with Crippen molar-refractivity contribution in [2.45, 2.75) is 58.2 Å². The van der Waals surface area contributed by atoms with Gasteiger partial charge in [-0.2, -0.15) is 0 Å². The number of ether oxygens (including phenoxy) is 2. The average Bonchev–Trinajstić information content (AvgIpc) is 3.22. The lowest BCUT2D eigenvalue weighted by Gasteiger charge is -2.27. The normalized spacial score (nSPS) is 17.8. The third kappa shape index (κ3) is 9.49. The lowest BCUT2D eigenvalue weighted by molar-refractivity contribution is -0.000604. The minimum Gasteiger partial charge on any atom is -0.389 e. The summed E-state index contributed by atoms with van der Waals surface area (Å²) in [6.07, 6.45) is 5.40. The fourth-order valence-corrected chi connectivity index (χ4v) is 3.87. The first-order valence-corrected chi connectivity index (χ1v) is 10.9. The molecule has 0 aliphatic heterocycles. The molecule has 2 rings (SSSR count). The standard InChI is InChI=1S/C23H39N3O3.HI/c1-4-24-22(26-18-23(14-15-28-3)12-8-9-13-23)25-16-21(27)17-29-19(2)20-10-6-5-7-11-20;/h5-7,10-11,19,21,27H,4,8-9,12-18H2,1-3H3,(H2,24,25,26);1H. The molecule has 0 saturated heterocycles. The highest BCUT2D eigenvalue weighted by Gasteiger charge is 2.33. The van der Waals surface area contributed by atoms with Gasteiger partial charge >= 0.3 is 0 Å². The van der Waals surface area contributed by atoms with E-state index >= 15 is 0 Å². The number of methoxy groups -OCH3 is 1. The maximum Gasteiger partial charge on any atom is 0.191 e. The Hall–Kier alpha value is -0.900. The van der Waals surface area contributed by atoms with Crippen LogP contribution in [0, 0.1) is 5.41 Å². The molecule has 0 bridgehead atoms. The van der Waals surface area contributed by atoms with E-state index in [1.807, 2.05) is 37.3 Å². The van der Waals surface area contributed by atoms with Gasteiger partial charge in [-0.3, -0.25) is 4.99 Å². The number of rotatable bonds is 12. The van der Waals surface area contributed by atoms with Crippen LogP contribution < -0.4 is 10.6 Å². The van der Waals surface area contributed by atoms with Gasteiger partial charge in [0.05, 0.1) is 18.8 Å². The third-order valence-corrected chi connectivity index (χ3v) is 5.73. The van der Waals surface area contributed by atoms with Crippen molar-refractivity contribution in [3.8, 4) is 0 Å². The molecule has 1 saturated carbocycles. The number of benzene rings is 1. The summed E-state index contributed by atoms with van der Waals surface area (Å²) in [6.45, 7) is 7.10. The van der Waals surface area contributed by atoms with Gasteiger partial charge in [-0.05, 0) is 44.1 Å². The summed E-state index contributed by atoms with van der Waals surface area (Å²) < 4.78 is 11.1. The molecule has 2 atom stereocenters. The zero-order valence-corrected chi connectivity index (χ0v) is 21.1. The molecule has 6 nitrogen and oxygen atoms in total. The molecule has 0 amide bonds. The molecule has 7 heteroatoms. The van der Waals surface area contributed by atoms with Crippen LogP contribution in [0.25, 0.3) is 0 Å². The number of nitrogens with zero attached hydrogens (tertiary/aromatic N) is 1. The van der Waals surface area contributed by atoms with Crippen LogP contribution >= 0.6 is 24.0 Å². The quantitative estimate of drug-likeness (QED) is 0.216. The third-order valence-electron chi connectivity index (χ3n) is 5.73. The van der Waals surface area contributed by atoms with E-state index in [0.717, 1.165) is 37.6 Å². The summed E-state index contributed by atoms with van der Waals surface area (Å²) in [5.74, 6) is 0.756. The maximum absolute atomic E-state index is 10.3. The fourth-order valence-electron chi connectivity index (χ4n) is 3.87. The SMILES string of the molecule is CCNC(=NCC1(CCOC)CCCC1)NCC(O)COC(C)c1ccccc1.I. The van der Waals surface area contributed by atoms with Crippen LogP contribution in [0.4, 0.5) is 0 Å². The molecule has 0 radical (unpaired) electrons. The molecule has 1 fully saturated rings. The van der Waals surface area contributed by atoms with Crippen molar-refractivity contribution in [1.29, 1.82) is 0 Å². The lowest BCUT2D eigenvalue weighted by atomic mass is 9.83. The average molecular weight is 533 g/mol. The Balaban J connectivity index is 0.00000450. The van der Waals surface area contributed by atoms with Crippen molar-refractivity contribution in [3.63, 3.8) is 0 Å². The van der Waals surface area contributed by atoms with Crippen LogP contribution in [0.2, 0.25) is 0 Å². The summed E-state index contributed by atoms with van der Waals surface area (Å²) in [5, 5.41) is 16.9. The largest absolute Gasteiger partial charge is 0.389 e. The minimum atomic E-state index is -0.598. The highest BCUT2D eigenvalue weighted by Crippen LogP contribution is 2.41. The Morgan fingerprint density at radius 3 is 2.53 bits per heavy atom. The van der Waals surface area contributed by atoms with Gasteiger partial charge in [-0.15, -0.1) is 24.0 Å². The monoisotopic (exact) mass is 533 g/mol. The summed E-state index contributed by atoms with van der Waals surface area (Å²) in [7, 11) is 1.76. The molecule has 0 heterocycles. The molecule has 2 unspecified atom stereocenters. The van der Waals surface area contributed by atoms with Gasteiger partial charge in [-0.25, -0.2) is 0 Å². The van der Waals surface area contributed by atoms with Crippen LogP contribution in [0.3, 0.4) is 0 Å². The first-order chi connectivity index (χ1) is 14.1. The van der Waals surface area contributed by atoms with Crippen molar-refractivity contribution >= 4 is 29.9 Å². The van der Waals surface area contributed by atoms with E-state index in [0.29, 0.717) is 6.54 Å². The van der Waals surface area contributed by atoms with Crippen LogP contribution in [0.5, 0.6) is 0 Å². The first-order valence-electron chi connectivity index (χ1n) is 10.9. The number of nitrogens with one attached hydrogen (secondary N) is 2. The molecule has 1 aromatic carbocycles. The van der Waals surface area contributed by atoms with E-state index < -0.39 is 6.10 Å². The zero-order valence-electron chi connectivity index (χ0n) is 18.7. The lowest BCUT2D eigenvalue weighted by Crippen LogP contribution is -2.43. The predicted molar refractivity (Wildman–Crippen MR) is 134 cm³/mol. The van der Waals surface area contributed by atoms with Gasteiger partial charge in [0, 0.05) is 33.4 Å². The first kappa shape index (κ1) is 27.1. The molecule has 30 heavy (non-hydrogen) atoms. The molecule has 0 aromatic heterocycles. The van der Waals surface area contributed by atoms with Gasteiger partial charge in [0.25, 0.3) is 0 Å². The van der Waals surface area contributed by atoms with Gasteiger partial charge in [-0.1, -0.05) is 43.2 Å². The highest BCUT2D eigenvalue weighted by molar-refractivity contribution is 14.0. The fraction of sp³-hybridized carbons (Fsp3) is 0.696. The Labute approximate surface area is 199 Å². The number of aliphatic imine (C=N–C) groups is 1. The van der Waals surface area contributed by atoms with E-state index in [9.17, 15) is 5.11 Å². The molecule has 1 aromatic rings. The number of hydrogen-bond acceptors (Lipinski definition) is 4. The van der Waals surface area contributed by atoms with Crippen LogP contribution in [-0.4, -0.2) is 57.1 Å². The van der Waals surface area contributed by atoms with Crippen LogP contribution in [0.1, 0.15) is 57.6 Å². The Bertz CT molecular complexity index is 595. The molecule has 1 aliphatic rings. The molecular weight excluding hydrogens is 493 g/mol. The summed E-state index contributed by atoms with van der Waals surface area (Å²) >= 11 is 0. The Morgan fingerprint density at radius 2 is 1.90 bits per heavy atom. The molecule has 3 N–H and O–H groups in total. The summed E-state index contributed by atoms with van der Waals surface area (Å²) in [5.41, 5.74) is 1.37. The zero-order chi connectivity index (χ0) is 21.0. The second kappa shape index (κ2) is 15.0. The van der Waals surface area contributed by atoms with E-state index in [1.165, 1.54) is 25.7 Å². The van der Waals surface area contributed by atoms with Crippen molar-refractivity contribution in [1.82, 2.24) is 10.6 Å². The van der Waals surface area contributed by atoms with Gasteiger partial charge in [0.2, 0.25) is 0 Å². The van der Waals surface area contributed by atoms with Crippen LogP contribution in [-0.2, 0) is 9.47 Å². The molecule has 1 aliphatic carbocycles. The second-order valence-electron chi connectivity index (χ2n) is 8.07. The van der Waals surface area contributed by atoms with Crippen molar-refractivity contribution in [2.75, 3.05) is 40.0 Å². The smallest absolute Gasteiger partial charge is 0.191 e. The topological polar surface area (TPSA) is 75.1 Å². The van der Waals surface area contributed by atoms with E-state index in [1.54, 1.807) is 7.11 Å². The van der Waals surface area contributed by atoms with E-state index in [-0.39, 0.29) is 42.1 Å². The number of hydrogen-bond donors (Lipinski definition) is 3. The maximum atomic E-state index is 10.3. The Morgan fingerprint density at radius 1 is 1.20 bits per heavy atom. The van der Waals surface area contributed by atoms with Crippen molar-refractivity contribution < 1.29 is 14.6 Å². The van der Waals surface area contributed by atoms with Gasteiger partial charge < -0.3 is 25.2 Å². The second-order valence-corrected chi connectivity index (χ2v) is 8.07.